The largest absolute Gasteiger partial charge is 0.312 e. The van der Waals surface area contributed by atoms with Gasteiger partial charge in [-0.05, 0) is 51.7 Å². The highest BCUT2D eigenvalue weighted by molar-refractivity contribution is 4.89. The number of hydrogen-bond acceptors (Lipinski definition) is 2. The van der Waals surface area contributed by atoms with Gasteiger partial charge in [0.1, 0.15) is 0 Å². The Morgan fingerprint density at radius 1 is 1.36 bits per heavy atom. The van der Waals surface area contributed by atoms with Crippen molar-refractivity contribution in [2.45, 2.75) is 44.7 Å². The molecule has 2 nitrogen and oxygen atoms in total. The highest BCUT2D eigenvalue weighted by Crippen LogP contribution is 2.23. The Kier molecular flexibility index (Phi) is 3.45. The van der Waals surface area contributed by atoms with E-state index in [1.54, 1.807) is 0 Å². The van der Waals surface area contributed by atoms with E-state index in [1.165, 1.54) is 38.9 Å². The van der Waals surface area contributed by atoms with Crippen molar-refractivity contribution in [2.75, 3.05) is 19.6 Å². The minimum absolute atomic E-state index is 0.745. The number of nitrogens with zero attached hydrogens (tertiary/aromatic N) is 1. The van der Waals surface area contributed by atoms with Gasteiger partial charge in [0, 0.05) is 12.1 Å². The van der Waals surface area contributed by atoms with Crippen LogP contribution in [0.2, 0.25) is 0 Å². The Morgan fingerprint density at radius 2 is 2.00 bits per heavy atom. The molecular weight excluding hydrogens is 172 g/mol. The van der Waals surface area contributed by atoms with Crippen molar-refractivity contribution < 1.29 is 0 Å². The standard InChI is InChI=1S/C12H23N2/c1-3-11-5-8-14(9-6-11)10(2)12-4-7-13-12/h10-13H,1,3-9H2,2H3. The Bertz CT molecular complexity index is 169. The first-order valence-corrected chi connectivity index (χ1v) is 6.08. The van der Waals surface area contributed by atoms with Gasteiger partial charge < -0.3 is 5.32 Å². The Balaban J connectivity index is 1.76. The van der Waals surface area contributed by atoms with E-state index in [9.17, 15) is 0 Å². The van der Waals surface area contributed by atoms with Gasteiger partial charge in [-0.15, -0.1) is 0 Å². The number of piperidine rings is 1. The fraction of sp³-hybridized carbons (Fsp3) is 0.917. The maximum absolute atomic E-state index is 4.01. The smallest absolute Gasteiger partial charge is 0.0232 e. The van der Waals surface area contributed by atoms with Crippen LogP contribution in [0.3, 0.4) is 0 Å². The first kappa shape index (κ1) is 10.4. The van der Waals surface area contributed by atoms with Crippen molar-refractivity contribution >= 4 is 0 Å². The van der Waals surface area contributed by atoms with Crippen molar-refractivity contribution in [1.82, 2.24) is 10.2 Å². The van der Waals surface area contributed by atoms with Crippen LogP contribution in [0.4, 0.5) is 0 Å². The van der Waals surface area contributed by atoms with Gasteiger partial charge >= 0.3 is 0 Å². The van der Waals surface area contributed by atoms with E-state index in [0.29, 0.717) is 0 Å². The molecule has 0 aromatic carbocycles. The normalized spacial score (nSPS) is 32.6. The van der Waals surface area contributed by atoms with E-state index in [0.717, 1.165) is 24.4 Å². The number of nitrogens with one attached hydrogen (secondary N) is 1. The summed E-state index contributed by atoms with van der Waals surface area (Å²) in [4.78, 5) is 2.66. The predicted molar refractivity (Wildman–Crippen MR) is 60.1 cm³/mol. The monoisotopic (exact) mass is 195 g/mol. The molecule has 2 aliphatic heterocycles. The molecule has 2 saturated heterocycles. The SMILES string of the molecule is [CH2]CC1CCN(C(C)C2CCN2)CC1. The zero-order valence-corrected chi connectivity index (χ0v) is 9.34. The van der Waals surface area contributed by atoms with Gasteiger partial charge in [-0.1, -0.05) is 13.3 Å². The van der Waals surface area contributed by atoms with Crippen LogP contribution in [0.5, 0.6) is 0 Å². The van der Waals surface area contributed by atoms with E-state index in [4.69, 9.17) is 0 Å². The minimum Gasteiger partial charge on any atom is -0.312 e. The third kappa shape index (κ3) is 2.12. The molecule has 2 aliphatic rings. The van der Waals surface area contributed by atoms with Crippen LogP contribution in [0.15, 0.2) is 0 Å². The molecule has 2 rings (SSSR count). The third-order valence-electron chi connectivity index (χ3n) is 4.08. The quantitative estimate of drug-likeness (QED) is 0.737. The average Bonchev–Trinajstić information content (AvgIpc) is 2.15. The lowest BCUT2D eigenvalue weighted by molar-refractivity contribution is 0.0968. The zero-order valence-electron chi connectivity index (χ0n) is 9.34. The minimum atomic E-state index is 0.745. The van der Waals surface area contributed by atoms with E-state index >= 15 is 0 Å². The van der Waals surface area contributed by atoms with Crippen LogP contribution < -0.4 is 5.32 Å². The third-order valence-corrected chi connectivity index (χ3v) is 4.08. The molecule has 0 aromatic heterocycles. The summed E-state index contributed by atoms with van der Waals surface area (Å²) in [6, 6.07) is 1.51. The van der Waals surface area contributed by atoms with E-state index in [1.807, 2.05) is 0 Å². The lowest BCUT2D eigenvalue weighted by Crippen LogP contribution is -2.57. The molecule has 81 valence electrons. The molecule has 2 heteroatoms. The second-order valence-electron chi connectivity index (χ2n) is 4.86. The van der Waals surface area contributed by atoms with Crippen molar-refractivity contribution in [3.05, 3.63) is 6.92 Å². The molecule has 2 heterocycles. The first-order valence-electron chi connectivity index (χ1n) is 6.08. The summed E-state index contributed by atoms with van der Waals surface area (Å²) in [6.45, 7) is 10.2. The first-order chi connectivity index (χ1) is 6.81. The fourth-order valence-electron chi connectivity index (χ4n) is 2.63. The number of hydrogen-bond donors (Lipinski definition) is 1. The van der Waals surface area contributed by atoms with Crippen molar-refractivity contribution in [2.24, 2.45) is 5.92 Å². The van der Waals surface area contributed by atoms with E-state index < -0.39 is 0 Å². The van der Waals surface area contributed by atoms with Gasteiger partial charge in [0.2, 0.25) is 0 Å². The summed E-state index contributed by atoms with van der Waals surface area (Å²) in [5.41, 5.74) is 0. The van der Waals surface area contributed by atoms with Crippen LogP contribution in [0.25, 0.3) is 0 Å². The van der Waals surface area contributed by atoms with Crippen molar-refractivity contribution in [1.29, 1.82) is 0 Å². The lowest BCUT2D eigenvalue weighted by Gasteiger charge is -2.43. The van der Waals surface area contributed by atoms with Crippen molar-refractivity contribution in [3.63, 3.8) is 0 Å². The van der Waals surface area contributed by atoms with Crippen LogP contribution in [0.1, 0.15) is 32.6 Å². The highest BCUT2D eigenvalue weighted by Gasteiger charge is 2.29. The summed E-state index contributed by atoms with van der Waals surface area (Å²) in [6.07, 6.45) is 5.22. The van der Waals surface area contributed by atoms with Crippen LogP contribution in [-0.2, 0) is 0 Å². The van der Waals surface area contributed by atoms with Gasteiger partial charge in [0.05, 0.1) is 0 Å². The molecule has 2 unspecified atom stereocenters. The molecule has 0 spiro atoms. The molecule has 0 saturated carbocycles. The van der Waals surface area contributed by atoms with Gasteiger partial charge in [-0.25, -0.2) is 0 Å². The van der Waals surface area contributed by atoms with Gasteiger partial charge in [-0.3, -0.25) is 4.90 Å². The Hall–Kier alpha value is -0.0800. The van der Waals surface area contributed by atoms with Crippen LogP contribution >= 0.6 is 0 Å². The summed E-state index contributed by atoms with van der Waals surface area (Å²) < 4.78 is 0. The summed E-state index contributed by atoms with van der Waals surface area (Å²) in [5.74, 6) is 0.896. The molecule has 1 radical (unpaired) electrons. The molecule has 2 atom stereocenters. The van der Waals surface area contributed by atoms with Crippen LogP contribution in [0, 0.1) is 12.8 Å². The summed E-state index contributed by atoms with van der Waals surface area (Å²) >= 11 is 0. The maximum atomic E-state index is 4.01. The van der Waals surface area contributed by atoms with Gasteiger partial charge in [-0.2, -0.15) is 0 Å². The lowest BCUT2D eigenvalue weighted by atomic mass is 9.91. The average molecular weight is 195 g/mol. The Labute approximate surface area is 88.1 Å². The van der Waals surface area contributed by atoms with Gasteiger partial charge in [0.15, 0.2) is 0 Å². The Morgan fingerprint density at radius 3 is 2.43 bits per heavy atom. The fourth-order valence-corrected chi connectivity index (χ4v) is 2.63. The molecule has 14 heavy (non-hydrogen) atoms. The summed E-state index contributed by atoms with van der Waals surface area (Å²) in [5, 5.41) is 3.51. The second kappa shape index (κ2) is 4.63. The zero-order chi connectivity index (χ0) is 9.97. The molecule has 0 bridgehead atoms. The summed E-state index contributed by atoms with van der Waals surface area (Å²) in [7, 11) is 0. The molecular formula is C12H23N2. The molecule has 0 aliphatic carbocycles. The second-order valence-corrected chi connectivity index (χ2v) is 4.86. The molecule has 0 aromatic rings. The van der Waals surface area contributed by atoms with E-state index in [-0.39, 0.29) is 0 Å². The van der Waals surface area contributed by atoms with Gasteiger partial charge in [0.25, 0.3) is 0 Å². The van der Waals surface area contributed by atoms with Crippen LogP contribution in [-0.4, -0.2) is 36.6 Å². The highest BCUT2D eigenvalue weighted by atomic mass is 15.2. The van der Waals surface area contributed by atoms with E-state index in [2.05, 4.69) is 24.1 Å². The molecule has 1 N–H and O–H groups in total. The maximum Gasteiger partial charge on any atom is 0.0232 e. The predicted octanol–water partition coefficient (Wildman–Crippen LogP) is 1.67. The van der Waals surface area contributed by atoms with Crippen molar-refractivity contribution in [3.8, 4) is 0 Å². The topological polar surface area (TPSA) is 15.3 Å². The molecule has 2 fully saturated rings. The molecule has 0 amide bonds. The number of rotatable bonds is 3. The number of likely N-dealkylation sites (tertiary alicyclic amines) is 1.